The zero-order chi connectivity index (χ0) is 9.19. The van der Waals surface area contributed by atoms with Gasteiger partial charge in [-0.3, -0.25) is 0 Å². The SMILES string of the molecule is C[C@H]1CCC=C(C(F)(F)F)CC1. The van der Waals surface area contributed by atoms with Crippen LogP contribution < -0.4 is 0 Å². The highest BCUT2D eigenvalue weighted by Crippen LogP contribution is 2.33. The third-order valence-corrected chi connectivity index (χ3v) is 2.32. The second-order valence-electron chi connectivity index (χ2n) is 3.45. The van der Waals surface area contributed by atoms with Gasteiger partial charge in [0.15, 0.2) is 0 Å². The first-order chi connectivity index (χ1) is 5.50. The molecule has 0 amide bonds. The maximum Gasteiger partial charge on any atom is 0.412 e. The Bertz CT molecular complexity index is 179. The average Bonchev–Trinajstić information content (AvgIpc) is 2.11. The summed E-state index contributed by atoms with van der Waals surface area (Å²) in [7, 11) is 0. The molecule has 0 saturated carbocycles. The molecule has 0 aromatic rings. The van der Waals surface area contributed by atoms with Gasteiger partial charge in [-0.05, 0) is 31.6 Å². The van der Waals surface area contributed by atoms with Gasteiger partial charge in [0.25, 0.3) is 0 Å². The van der Waals surface area contributed by atoms with E-state index in [1.807, 2.05) is 6.92 Å². The molecule has 0 radical (unpaired) electrons. The quantitative estimate of drug-likeness (QED) is 0.496. The van der Waals surface area contributed by atoms with E-state index in [1.165, 1.54) is 6.08 Å². The van der Waals surface area contributed by atoms with Crippen LogP contribution in [0.15, 0.2) is 11.6 Å². The van der Waals surface area contributed by atoms with Gasteiger partial charge in [-0.1, -0.05) is 13.0 Å². The summed E-state index contributed by atoms with van der Waals surface area (Å²) < 4.78 is 36.5. The molecule has 0 nitrogen and oxygen atoms in total. The predicted octanol–water partition coefficient (Wildman–Crippen LogP) is 3.69. The second kappa shape index (κ2) is 3.50. The van der Waals surface area contributed by atoms with Crippen LogP contribution in [-0.4, -0.2) is 6.18 Å². The van der Waals surface area contributed by atoms with E-state index >= 15 is 0 Å². The van der Waals surface area contributed by atoms with Gasteiger partial charge in [0.1, 0.15) is 0 Å². The number of halogens is 3. The van der Waals surface area contributed by atoms with Crippen LogP contribution in [0.3, 0.4) is 0 Å². The molecule has 0 aromatic heterocycles. The van der Waals surface area contributed by atoms with Gasteiger partial charge < -0.3 is 0 Å². The first-order valence-corrected chi connectivity index (χ1v) is 4.26. The molecule has 0 heterocycles. The predicted molar refractivity (Wildman–Crippen MR) is 41.8 cm³/mol. The normalized spacial score (nSPS) is 26.3. The average molecular weight is 178 g/mol. The van der Waals surface area contributed by atoms with Crippen molar-refractivity contribution in [2.45, 2.75) is 38.8 Å². The van der Waals surface area contributed by atoms with E-state index < -0.39 is 6.18 Å². The van der Waals surface area contributed by atoms with Crippen LogP contribution >= 0.6 is 0 Å². The Balaban J connectivity index is 2.61. The Morgan fingerprint density at radius 1 is 1.33 bits per heavy atom. The summed E-state index contributed by atoms with van der Waals surface area (Å²) in [6.45, 7) is 2.01. The molecular weight excluding hydrogens is 165 g/mol. The van der Waals surface area contributed by atoms with E-state index in [1.54, 1.807) is 0 Å². The summed E-state index contributed by atoms with van der Waals surface area (Å²) in [4.78, 5) is 0. The highest BCUT2D eigenvalue weighted by atomic mass is 19.4. The zero-order valence-electron chi connectivity index (χ0n) is 7.12. The molecule has 1 atom stereocenters. The summed E-state index contributed by atoms with van der Waals surface area (Å²) in [6, 6.07) is 0. The molecule has 0 aliphatic heterocycles. The summed E-state index contributed by atoms with van der Waals surface area (Å²) in [6.07, 6.45) is -0.404. The molecule has 1 aliphatic rings. The van der Waals surface area contributed by atoms with Crippen LogP contribution in [-0.2, 0) is 0 Å². The largest absolute Gasteiger partial charge is 0.412 e. The topological polar surface area (TPSA) is 0 Å². The zero-order valence-corrected chi connectivity index (χ0v) is 7.12. The van der Waals surface area contributed by atoms with Crippen LogP contribution in [0.1, 0.15) is 32.6 Å². The van der Waals surface area contributed by atoms with E-state index in [9.17, 15) is 13.2 Å². The molecule has 0 aromatic carbocycles. The minimum absolute atomic E-state index is 0.199. The van der Waals surface area contributed by atoms with Crippen molar-refractivity contribution in [1.29, 1.82) is 0 Å². The Morgan fingerprint density at radius 2 is 2.00 bits per heavy atom. The molecule has 0 saturated heterocycles. The smallest absolute Gasteiger partial charge is 0.166 e. The number of allylic oxidation sites excluding steroid dienone is 2. The fourth-order valence-electron chi connectivity index (χ4n) is 1.45. The van der Waals surface area contributed by atoms with Crippen molar-refractivity contribution >= 4 is 0 Å². The molecule has 0 fully saturated rings. The third kappa shape index (κ3) is 2.54. The van der Waals surface area contributed by atoms with Crippen LogP contribution in [0.25, 0.3) is 0 Å². The summed E-state index contributed by atoms with van der Waals surface area (Å²) in [5.74, 6) is 0.432. The van der Waals surface area contributed by atoms with E-state index in [0.29, 0.717) is 18.8 Å². The second-order valence-corrected chi connectivity index (χ2v) is 3.45. The van der Waals surface area contributed by atoms with E-state index in [-0.39, 0.29) is 12.0 Å². The lowest BCUT2D eigenvalue weighted by Gasteiger charge is -2.10. The van der Waals surface area contributed by atoms with Crippen LogP contribution in [0.2, 0.25) is 0 Å². The lowest BCUT2D eigenvalue weighted by molar-refractivity contribution is -0.0942. The number of rotatable bonds is 0. The van der Waals surface area contributed by atoms with Gasteiger partial charge in [0, 0.05) is 5.57 Å². The van der Waals surface area contributed by atoms with Crippen LogP contribution in [0, 0.1) is 5.92 Å². The minimum Gasteiger partial charge on any atom is -0.166 e. The van der Waals surface area contributed by atoms with E-state index in [4.69, 9.17) is 0 Å². The molecule has 1 rings (SSSR count). The van der Waals surface area contributed by atoms with Gasteiger partial charge >= 0.3 is 6.18 Å². The number of hydrogen-bond acceptors (Lipinski definition) is 0. The Morgan fingerprint density at radius 3 is 2.58 bits per heavy atom. The van der Waals surface area contributed by atoms with Gasteiger partial charge in [-0.15, -0.1) is 0 Å². The molecule has 0 spiro atoms. The number of hydrogen-bond donors (Lipinski definition) is 0. The van der Waals surface area contributed by atoms with Gasteiger partial charge in [0.05, 0.1) is 0 Å². The monoisotopic (exact) mass is 178 g/mol. The molecule has 0 bridgehead atoms. The van der Waals surface area contributed by atoms with Crippen molar-refractivity contribution < 1.29 is 13.2 Å². The summed E-state index contributed by atoms with van der Waals surface area (Å²) in [5.41, 5.74) is -0.327. The fourth-order valence-corrected chi connectivity index (χ4v) is 1.45. The van der Waals surface area contributed by atoms with Crippen molar-refractivity contribution in [3.05, 3.63) is 11.6 Å². The van der Waals surface area contributed by atoms with Crippen molar-refractivity contribution in [2.24, 2.45) is 5.92 Å². The highest BCUT2D eigenvalue weighted by molar-refractivity contribution is 5.10. The Kier molecular flexibility index (Phi) is 2.80. The van der Waals surface area contributed by atoms with E-state index in [0.717, 1.165) is 6.42 Å². The molecule has 0 unspecified atom stereocenters. The van der Waals surface area contributed by atoms with Gasteiger partial charge in [-0.25, -0.2) is 0 Å². The van der Waals surface area contributed by atoms with Crippen LogP contribution in [0.4, 0.5) is 13.2 Å². The fraction of sp³-hybridized carbons (Fsp3) is 0.778. The van der Waals surface area contributed by atoms with Crippen molar-refractivity contribution in [3.8, 4) is 0 Å². The molecule has 1 aliphatic carbocycles. The van der Waals surface area contributed by atoms with Gasteiger partial charge in [0.2, 0.25) is 0 Å². The highest BCUT2D eigenvalue weighted by Gasteiger charge is 2.33. The number of alkyl halides is 3. The van der Waals surface area contributed by atoms with Crippen molar-refractivity contribution in [3.63, 3.8) is 0 Å². The van der Waals surface area contributed by atoms with E-state index in [2.05, 4.69) is 0 Å². The minimum atomic E-state index is -4.09. The Labute approximate surface area is 70.5 Å². The van der Waals surface area contributed by atoms with Crippen molar-refractivity contribution in [1.82, 2.24) is 0 Å². The standard InChI is InChI=1S/C9H13F3/c1-7-3-2-4-8(6-5-7)9(10,11)12/h4,7H,2-3,5-6H2,1H3/t7-/m0/s1. The Hall–Kier alpha value is -0.470. The summed E-state index contributed by atoms with van der Waals surface area (Å²) in [5, 5.41) is 0. The van der Waals surface area contributed by atoms with Crippen molar-refractivity contribution in [2.75, 3.05) is 0 Å². The molecule has 70 valence electrons. The first-order valence-electron chi connectivity index (χ1n) is 4.26. The third-order valence-electron chi connectivity index (χ3n) is 2.32. The molecule has 0 N–H and O–H groups in total. The maximum absolute atomic E-state index is 12.2. The molecule has 12 heavy (non-hydrogen) atoms. The van der Waals surface area contributed by atoms with Gasteiger partial charge in [-0.2, -0.15) is 13.2 Å². The molecule has 3 heteroatoms. The lowest BCUT2D eigenvalue weighted by atomic mass is 10.0. The first kappa shape index (κ1) is 9.62. The maximum atomic E-state index is 12.2. The summed E-state index contributed by atoms with van der Waals surface area (Å²) >= 11 is 0. The van der Waals surface area contributed by atoms with Crippen LogP contribution in [0.5, 0.6) is 0 Å². The molecular formula is C9H13F3. The lowest BCUT2D eigenvalue weighted by Crippen LogP contribution is -2.11.